The van der Waals surface area contributed by atoms with Crippen molar-refractivity contribution in [2.24, 2.45) is 0 Å². The number of aryl methyl sites for hydroxylation is 2. The molecular formula is C23H18N4OS2. The average molecular weight is 431 g/mol. The third-order valence-corrected chi connectivity index (χ3v) is 6.96. The van der Waals surface area contributed by atoms with Gasteiger partial charge in [0.05, 0.1) is 21.6 Å². The molecule has 148 valence electrons. The van der Waals surface area contributed by atoms with Gasteiger partial charge in [0.25, 0.3) is 5.91 Å². The number of fused-ring (bicyclic) bond motifs is 2. The molecular weight excluding hydrogens is 412 g/mol. The van der Waals surface area contributed by atoms with Crippen LogP contribution in [0.1, 0.15) is 20.8 Å². The largest absolute Gasteiger partial charge is 0.397 e. The van der Waals surface area contributed by atoms with Gasteiger partial charge in [-0.2, -0.15) is 0 Å². The molecule has 0 aliphatic heterocycles. The Morgan fingerprint density at radius 2 is 1.70 bits per heavy atom. The summed E-state index contributed by atoms with van der Waals surface area (Å²) in [5.74, 6) is -0.261. The number of aromatic nitrogens is 2. The van der Waals surface area contributed by atoms with E-state index >= 15 is 0 Å². The van der Waals surface area contributed by atoms with Gasteiger partial charge >= 0.3 is 0 Å². The average Bonchev–Trinajstić information content (AvgIpc) is 3.28. The second kappa shape index (κ2) is 7.19. The molecule has 0 unspecified atom stereocenters. The highest BCUT2D eigenvalue weighted by Gasteiger charge is 2.19. The molecule has 0 radical (unpaired) electrons. The summed E-state index contributed by atoms with van der Waals surface area (Å²) in [7, 11) is 0. The van der Waals surface area contributed by atoms with Crippen molar-refractivity contribution in [3.63, 3.8) is 0 Å². The first-order chi connectivity index (χ1) is 14.5. The van der Waals surface area contributed by atoms with Crippen molar-refractivity contribution in [1.82, 2.24) is 9.97 Å². The number of carbonyl (C=O) groups is 1. The molecule has 0 atom stereocenters. The lowest BCUT2D eigenvalue weighted by Gasteiger charge is -2.01. The molecule has 0 saturated heterocycles. The van der Waals surface area contributed by atoms with Gasteiger partial charge < -0.3 is 5.73 Å². The number of rotatable bonds is 3. The molecule has 3 aromatic heterocycles. The van der Waals surface area contributed by atoms with Crippen LogP contribution in [0.15, 0.2) is 54.6 Å². The van der Waals surface area contributed by atoms with Gasteiger partial charge in [-0.05, 0) is 43.7 Å². The monoisotopic (exact) mass is 430 g/mol. The smallest absolute Gasteiger partial charge is 0.269 e. The third-order valence-electron chi connectivity index (χ3n) is 4.91. The fourth-order valence-electron chi connectivity index (χ4n) is 3.29. The van der Waals surface area contributed by atoms with Crippen LogP contribution in [-0.2, 0) is 0 Å². The van der Waals surface area contributed by atoms with Crippen molar-refractivity contribution in [3.05, 3.63) is 70.6 Å². The Hall–Kier alpha value is -3.29. The minimum Gasteiger partial charge on any atom is -0.397 e. The maximum Gasteiger partial charge on any atom is 0.269 e. The lowest BCUT2D eigenvalue weighted by atomic mass is 10.1. The van der Waals surface area contributed by atoms with E-state index in [2.05, 4.69) is 35.4 Å². The summed E-state index contributed by atoms with van der Waals surface area (Å²) in [6, 6.07) is 18.1. The quantitative estimate of drug-likeness (QED) is 0.366. The molecule has 7 heteroatoms. The van der Waals surface area contributed by atoms with E-state index in [0.29, 0.717) is 15.7 Å². The van der Waals surface area contributed by atoms with Crippen molar-refractivity contribution in [3.8, 4) is 11.3 Å². The number of thiophene rings is 1. The predicted molar refractivity (Wildman–Crippen MR) is 127 cm³/mol. The summed E-state index contributed by atoms with van der Waals surface area (Å²) in [5.41, 5.74) is 11.9. The lowest BCUT2D eigenvalue weighted by molar-refractivity contribution is 0.103. The second-order valence-corrected chi connectivity index (χ2v) is 9.23. The van der Waals surface area contributed by atoms with E-state index in [-0.39, 0.29) is 5.91 Å². The number of hydrogen-bond acceptors (Lipinski definition) is 6. The first kappa shape index (κ1) is 18.7. The zero-order valence-electron chi connectivity index (χ0n) is 16.4. The van der Waals surface area contributed by atoms with E-state index in [1.165, 1.54) is 28.2 Å². The van der Waals surface area contributed by atoms with Crippen LogP contribution < -0.4 is 11.1 Å². The topological polar surface area (TPSA) is 80.9 Å². The van der Waals surface area contributed by atoms with E-state index in [9.17, 15) is 4.79 Å². The molecule has 0 aliphatic rings. The summed E-state index contributed by atoms with van der Waals surface area (Å²) in [5, 5.41) is 4.25. The fraction of sp³-hybridized carbons (Fsp3) is 0.0870. The van der Waals surface area contributed by atoms with E-state index < -0.39 is 0 Å². The summed E-state index contributed by atoms with van der Waals surface area (Å²) in [4.78, 5) is 23.3. The number of pyridine rings is 1. The second-order valence-electron chi connectivity index (χ2n) is 7.20. The van der Waals surface area contributed by atoms with Crippen LogP contribution in [0.25, 0.3) is 31.7 Å². The van der Waals surface area contributed by atoms with Gasteiger partial charge in [-0.3, -0.25) is 10.1 Å². The molecule has 3 N–H and O–H groups in total. The molecule has 0 saturated carbocycles. The number of benzene rings is 2. The van der Waals surface area contributed by atoms with Crippen LogP contribution in [0.4, 0.5) is 10.8 Å². The van der Waals surface area contributed by atoms with Crippen LogP contribution in [-0.4, -0.2) is 15.9 Å². The van der Waals surface area contributed by atoms with Crippen LogP contribution in [0, 0.1) is 13.8 Å². The molecule has 2 aromatic carbocycles. The molecule has 5 aromatic rings. The molecule has 0 fully saturated rings. The maximum atomic E-state index is 12.9. The van der Waals surface area contributed by atoms with E-state index in [1.54, 1.807) is 0 Å². The SMILES string of the molecule is Cc1ccc(-c2ccc3c(N)c(C(=O)Nc4nc5ccc(C)cc5s4)sc3n2)cc1. The number of nitrogen functional groups attached to an aromatic ring is 1. The zero-order chi connectivity index (χ0) is 20.8. The van der Waals surface area contributed by atoms with Crippen LogP contribution >= 0.6 is 22.7 Å². The number of nitrogens with zero attached hydrogens (tertiary/aromatic N) is 2. The van der Waals surface area contributed by atoms with Gasteiger partial charge in [-0.25, -0.2) is 9.97 Å². The van der Waals surface area contributed by atoms with Gasteiger partial charge in [-0.15, -0.1) is 11.3 Å². The molecule has 3 heterocycles. The Kier molecular flexibility index (Phi) is 4.49. The summed E-state index contributed by atoms with van der Waals surface area (Å²) >= 11 is 2.75. The Labute approximate surface area is 181 Å². The highest BCUT2D eigenvalue weighted by Crippen LogP contribution is 2.35. The molecule has 5 nitrogen and oxygen atoms in total. The number of nitrogens with one attached hydrogen (secondary N) is 1. The Morgan fingerprint density at radius 1 is 0.933 bits per heavy atom. The summed E-state index contributed by atoms with van der Waals surface area (Å²) in [6.07, 6.45) is 0. The number of carbonyl (C=O) groups excluding carboxylic acids is 1. The van der Waals surface area contributed by atoms with E-state index in [1.807, 2.05) is 43.3 Å². The highest BCUT2D eigenvalue weighted by atomic mass is 32.1. The van der Waals surface area contributed by atoms with Gasteiger partial charge in [0.2, 0.25) is 0 Å². The van der Waals surface area contributed by atoms with Gasteiger partial charge in [-0.1, -0.05) is 47.2 Å². The van der Waals surface area contributed by atoms with Crippen molar-refractivity contribution in [2.45, 2.75) is 13.8 Å². The summed E-state index contributed by atoms with van der Waals surface area (Å²) in [6.45, 7) is 4.09. The number of amides is 1. The maximum absolute atomic E-state index is 12.9. The normalized spacial score (nSPS) is 11.3. The number of hydrogen-bond donors (Lipinski definition) is 2. The number of nitrogens with two attached hydrogens (primary N) is 1. The zero-order valence-corrected chi connectivity index (χ0v) is 18.0. The van der Waals surface area contributed by atoms with Crippen LogP contribution in [0.3, 0.4) is 0 Å². The first-order valence-electron chi connectivity index (χ1n) is 9.42. The molecule has 1 amide bonds. The van der Waals surface area contributed by atoms with Crippen molar-refractivity contribution >= 4 is 59.8 Å². The number of anilines is 2. The predicted octanol–water partition coefficient (Wildman–Crippen LogP) is 6.02. The lowest BCUT2D eigenvalue weighted by Crippen LogP contribution is -2.11. The minimum atomic E-state index is -0.261. The van der Waals surface area contributed by atoms with Crippen molar-refractivity contribution < 1.29 is 4.79 Å². The van der Waals surface area contributed by atoms with Gasteiger partial charge in [0, 0.05) is 10.9 Å². The minimum absolute atomic E-state index is 0.261. The molecule has 5 rings (SSSR count). The van der Waals surface area contributed by atoms with Gasteiger partial charge in [0.1, 0.15) is 9.71 Å². The van der Waals surface area contributed by atoms with Crippen LogP contribution in [0.5, 0.6) is 0 Å². The van der Waals surface area contributed by atoms with Crippen molar-refractivity contribution in [2.75, 3.05) is 11.1 Å². The Morgan fingerprint density at radius 3 is 2.50 bits per heavy atom. The Bertz CT molecular complexity index is 1420. The Balaban J connectivity index is 1.47. The fourth-order valence-corrected chi connectivity index (χ4v) is 5.24. The number of thiazole rings is 1. The molecule has 0 bridgehead atoms. The van der Waals surface area contributed by atoms with E-state index in [0.717, 1.165) is 37.3 Å². The summed E-state index contributed by atoms with van der Waals surface area (Å²) < 4.78 is 1.04. The molecule has 30 heavy (non-hydrogen) atoms. The van der Waals surface area contributed by atoms with Crippen LogP contribution in [0.2, 0.25) is 0 Å². The van der Waals surface area contributed by atoms with E-state index in [4.69, 9.17) is 10.7 Å². The molecule has 0 spiro atoms. The third kappa shape index (κ3) is 3.32. The first-order valence-corrected chi connectivity index (χ1v) is 11.1. The van der Waals surface area contributed by atoms with Gasteiger partial charge in [0.15, 0.2) is 5.13 Å². The standard InChI is InChI=1S/C23H18N4OS2/c1-12-3-6-14(7-4-12)16-10-8-15-19(24)20(30-22(15)25-16)21(28)27-23-26-17-9-5-13(2)11-18(17)29-23/h3-11H,24H2,1-2H3,(H,26,27,28). The molecule has 0 aliphatic carbocycles. The highest BCUT2D eigenvalue weighted by molar-refractivity contribution is 7.23. The van der Waals surface area contributed by atoms with Crippen molar-refractivity contribution in [1.29, 1.82) is 0 Å².